The van der Waals surface area contributed by atoms with Crippen molar-refractivity contribution in [2.24, 2.45) is 0 Å². The van der Waals surface area contributed by atoms with Crippen molar-refractivity contribution in [1.29, 1.82) is 0 Å². The van der Waals surface area contributed by atoms with Gasteiger partial charge in [-0.2, -0.15) is 0 Å². The lowest BCUT2D eigenvalue weighted by atomic mass is 10.1. The van der Waals surface area contributed by atoms with Crippen molar-refractivity contribution >= 4 is 32.8 Å². The molecule has 0 aliphatic carbocycles. The lowest BCUT2D eigenvalue weighted by Gasteiger charge is -2.07. The lowest BCUT2D eigenvalue weighted by Crippen LogP contribution is -2.00. The van der Waals surface area contributed by atoms with Gasteiger partial charge in [0.05, 0.1) is 11.1 Å². The minimum absolute atomic E-state index is 0.461. The number of aliphatic hydroxyl groups is 1. The van der Waals surface area contributed by atoms with Crippen molar-refractivity contribution in [2.75, 3.05) is 0 Å². The average molecular weight is 261 g/mol. The van der Waals surface area contributed by atoms with Crippen LogP contribution >= 0.6 is 22.7 Å². The van der Waals surface area contributed by atoms with Crippen LogP contribution in [0.5, 0.6) is 0 Å². The van der Waals surface area contributed by atoms with Gasteiger partial charge in [0, 0.05) is 22.7 Å². The first-order valence-corrected chi connectivity index (χ1v) is 7.13. The Morgan fingerprint density at radius 2 is 2.12 bits per heavy atom. The van der Waals surface area contributed by atoms with Crippen LogP contribution < -0.4 is 0 Å². The molecule has 2 aromatic heterocycles. The number of thiophene rings is 1. The fourth-order valence-corrected chi connectivity index (χ4v) is 3.55. The SMILES string of the molecule is OC(Cc1nccs1)c1csc2ccccc12. The van der Waals surface area contributed by atoms with Crippen molar-refractivity contribution < 1.29 is 5.11 Å². The predicted octanol–water partition coefficient (Wildman–Crippen LogP) is 3.63. The largest absolute Gasteiger partial charge is 0.388 e. The summed E-state index contributed by atoms with van der Waals surface area (Å²) in [7, 11) is 0. The molecule has 0 saturated carbocycles. The summed E-state index contributed by atoms with van der Waals surface area (Å²) in [6.45, 7) is 0. The van der Waals surface area contributed by atoms with Gasteiger partial charge >= 0.3 is 0 Å². The molecule has 86 valence electrons. The van der Waals surface area contributed by atoms with E-state index in [9.17, 15) is 5.11 Å². The van der Waals surface area contributed by atoms with Gasteiger partial charge in [-0.05, 0) is 22.4 Å². The van der Waals surface area contributed by atoms with E-state index in [0.717, 1.165) is 16.0 Å². The number of aliphatic hydroxyl groups excluding tert-OH is 1. The van der Waals surface area contributed by atoms with E-state index in [0.29, 0.717) is 6.42 Å². The van der Waals surface area contributed by atoms with Crippen LogP contribution in [0.1, 0.15) is 16.7 Å². The maximum Gasteiger partial charge on any atom is 0.0954 e. The molecule has 17 heavy (non-hydrogen) atoms. The number of fused-ring (bicyclic) bond motifs is 1. The van der Waals surface area contributed by atoms with E-state index in [1.54, 1.807) is 28.9 Å². The zero-order valence-corrected chi connectivity index (χ0v) is 10.7. The van der Waals surface area contributed by atoms with Gasteiger partial charge in [0.15, 0.2) is 0 Å². The number of hydrogen-bond acceptors (Lipinski definition) is 4. The van der Waals surface area contributed by atoms with Gasteiger partial charge in [-0.25, -0.2) is 4.98 Å². The normalized spacial score (nSPS) is 13.0. The first-order valence-electron chi connectivity index (χ1n) is 5.37. The highest BCUT2D eigenvalue weighted by Crippen LogP contribution is 2.31. The Hall–Kier alpha value is -1.23. The molecule has 0 saturated heterocycles. The Bertz CT molecular complexity index is 615. The molecule has 4 heteroatoms. The third-order valence-corrected chi connectivity index (χ3v) is 4.51. The average Bonchev–Trinajstić information content (AvgIpc) is 2.96. The maximum atomic E-state index is 10.3. The minimum Gasteiger partial charge on any atom is -0.388 e. The summed E-state index contributed by atoms with van der Waals surface area (Å²) >= 11 is 3.26. The van der Waals surface area contributed by atoms with E-state index < -0.39 is 6.10 Å². The summed E-state index contributed by atoms with van der Waals surface area (Å²) in [4.78, 5) is 4.21. The Morgan fingerprint density at radius 3 is 2.94 bits per heavy atom. The van der Waals surface area contributed by atoms with Crippen LogP contribution in [0.25, 0.3) is 10.1 Å². The van der Waals surface area contributed by atoms with E-state index in [1.165, 1.54) is 4.70 Å². The third-order valence-electron chi connectivity index (χ3n) is 2.72. The molecule has 0 bridgehead atoms. The smallest absolute Gasteiger partial charge is 0.0954 e. The molecule has 3 rings (SSSR count). The van der Waals surface area contributed by atoms with Crippen molar-refractivity contribution in [2.45, 2.75) is 12.5 Å². The van der Waals surface area contributed by atoms with Crippen molar-refractivity contribution in [3.05, 3.63) is 51.8 Å². The molecule has 0 radical (unpaired) electrons. The molecule has 3 aromatic rings. The van der Waals surface area contributed by atoms with Crippen LogP contribution in [0.3, 0.4) is 0 Å². The van der Waals surface area contributed by atoms with Crippen molar-refractivity contribution in [3.63, 3.8) is 0 Å². The van der Waals surface area contributed by atoms with Crippen LogP contribution in [0.2, 0.25) is 0 Å². The van der Waals surface area contributed by atoms with Crippen molar-refractivity contribution in [1.82, 2.24) is 4.98 Å². The molecule has 2 nitrogen and oxygen atoms in total. The number of aromatic nitrogens is 1. The minimum atomic E-state index is -0.461. The molecular formula is C13H11NOS2. The van der Waals surface area contributed by atoms with Gasteiger partial charge < -0.3 is 5.11 Å². The van der Waals surface area contributed by atoms with Gasteiger partial charge in [-0.1, -0.05) is 18.2 Å². The van der Waals surface area contributed by atoms with Gasteiger partial charge in [0.25, 0.3) is 0 Å². The van der Waals surface area contributed by atoms with Gasteiger partial charge in [0.2, 0.25) is 0 Å². The topological polar surface area (TPSA) is 33.1 Å². The molecular weight excluding hydrogens is 250 g/mol. The zero-order chi connectivity index (χ0) is 11.7. The highest BCUT2D eigenvalue weighted by Gasteiger charge is 2.14. The Morgan fingerprint density at radius 1 is 1.24 bits per heavy atom. The molecule has 0 fully saturated rings. The summed E-state index contributed by atoms with van der Waals surface area (Å²) in [6.07, 6.45) is 1.91. The molecule has 1 aromatic carbocycles. The zero-order valence-electron chi connectivity index (χ0n) is 9.04. The molecule has 2 heterocycles. The van der Waals surface area contributed by atoms with Crippen LogP contribution in [-0.2, 0) is 6.42 Å². The highest BCUT2D eigenvalue weighted by molar-refractivity contribution is 7.17. The number of benzene rings is 1. The molecule has 1 N–H and O–H groups in total. The Balaban J connectivity index is 1.93. The molecule has 0 amide bonds. The maximum absolute atomic E-state index is 10.3. The second kappa shape index (κ2) is 4.56. The summed E-state index contributed by atoms with van der Waals surface area (Å²) in [5.41, 5.74) is 1.01. The molecule has 1 unspecified atom stereocenters. The van der Waals surface area contributed by atoms with Crippen LogP contribution in [0, 0.1) is 0 Å². The van der Waals surface area contributed by atoms with E-state index in [1.807, 2.05) is 22.9 Å². The number of nitrogens with zero attached hydrogens (tertiary/aromatic N) is 1. The van der Waals surface area contributed by atoms with Crippen LogP contribution in [0.4, 0.5) is 0 Å². The first-order chi connectivity index (χ1) is 8.34. The Kier molecular flexibility index (Phi) is 2.93. The highest BCUT2D eigenvalue weighted by atomic mass is 32.1. The monoisotopic (exact) mass is 261 g/mol. The van der Waals surface area contributed by atoms with E-state index in [4.69, 9.17) is 0 Å². The van der Waals surface area contributed by atoms with E-state index in [-0.39, 0.29) is 0 Å². The summed E-state index contributed by atoms with van der Waals surface area (Å²) in [5.74, 6) is 0. The molecule has 0 spiro atoms. The second-order valence-electron chi connectivity index (χ2n) is 3.83. The molecule has 0 aliphatic heterocycles. The number of rotatable bonds is 3. The van der Waals surface area contributed by atoms with Gasteiger partial charge in [0.1, 0.15) is 0 Å². The van der Waals surface area contributed by atoms with Crippen LogP contribution in [-0.4, -0.2) is 10.1 Å². The third kappa shape index (κ3) is 2.11. The second-order valence-corrected chi connectivity index (χ2v) is 5.72. The summed E-state index contributed by atoms with van der Waals surface area (Å²) in [6, 6.07) is 8.18. The Labute approximate surface area is 107 Å². The summed E-state index contributed by atoms with van der Waals surface area (Å²) < 4.78 is 1.22. The fraction of sp³-hybridized carbons (Fsp3) is 0.154. The van der Waals surface area contributed by atoms with Crippen LogP contribution in [0.15, 0.2) is 41.2 Å². The van der Waals surface area contributed by atoms with E-state index >= 15 is 0 Å². The standard InChI is InChI=1S/C13H11NOS2/c15-11(7-13-14-5-6-16-13)10-8-17-12-4-2-1-3-9(10)12/h1-6,8,11,15H,7H2. The predicted molar refractivity (Wildman–Crippen MR) is 72.6 cm³/mol. The van der Waals surface area contributed by atoms with Crippen molar-refractivity contribution in [3.8, 4) is 0 Å². The number of hydrogen-bond donors (Lipinski definition) is 1. The molecule has 0 aliphatic rings. The lowest BCUT2D eigenvalue weighted by molar-refractivity contribution is 0.180. The van der Waals surface area contributed by atoms with E-state index in [2.05, 4.69) is 17.1 Å². The number of thiazole rings is 1. The first kappa shape index (κ1) is 10.9. The quantitative estimate of drug-likeness (QED) is 0.781. The summed E-state index contributed by atoms with van der Waals surface area (Å²) in [5, 5.41) is 16.4. The fourth-order valence-electron chi connectivity index (χ4n) is 1.89. The van der Waals surface area contributed by atoms with Gasteiger partial charge in [-0.15, -0.1) is 22.7 Å². The molecule has 1 atom stereocenters. The van der Waals surface area contributed by atoms with Gasteiger partial charge in [-0.3, -0.25) is 0 Å².